The summed E-state index contributed by atoms with van der Waals surface area (Å²) in [6.45, 7) is 5.44. The molecule has 2 aromatic carbocycles. The predicted octanol–water partition coefficient (Wildman–Crippen LogP) is 4.81. The van der Waals surface area contributed by atoms with Crippen molar-refractivity contribution in [1.82, 2.24) is 10.2 Å². The van der Waals surface area contributed by atoms with Gasteiger partial charge in [0.15, 0.2) is 0 Å². The van der Waals surface area contributed by atoms with Gasteiger partial charge < -0.3 is 19.7 Å². The average molecular weight is 450 g/mol. The molecule has 0 saturated carbocycles. The number of benzene rings is 2. The molecule has 1 N–H and O–H groups in total. The van der Waals surface area contributed by atoms with E-state index in [1.54, 1.807) is 4.90 Å². The summed E-state index contributed by atoms with van der Waals surface area (Å²) < 4.78 is 11.0. The van der Waals surface area contributed by atoms with E-state index in [1.165, 1.54) is 0 Å². The lowest BCUT2D eigenvalue weighted by molar-refractivity contribution is 0.00937. The number of hydrogen-bond donors (Lipinski definition) is 1. The van der Waals surface area contributed by atoms with E-state index in [9.17, 15) is 9.59 Å². The molecule has 0 unspecified atom stereocenters. The number of alkyl carbamates (subject to hydrolysis) is 1. The second-order valence-electron chi connectivity index (χ2n) is 8.93. The molecule has 2 aromatic rings. The van der Waals surface area contributed by atoms with Gasteiger partial charge >= 0.3 is 12.2 Å². The summed E-state index contributed by atoms with van der Waals surface area (Å²) in [5.74, 6) is 0.0222. The van der Waals surface area contributed by atoms with Crippen molar-refractivity contribution in [3.63, 3.8) is 0 Å². The largest absolute Gasteiger partial charge is 0.445 e. The lowest BCUT2D eigenvalue weighted by Crippen LogP contribution is -2.43. The van der Waals surface area contributed by atoms with Crippen LogP contribution in [0.5, 0.6) is 0 Å². The molecule has 174 valence electrons. The molecule has 2 amide bonds. The Morgan fingerprint density at radius 1 is 1.06 bits per heavy atom. The molecule has 33 heavy (non-hydrogen) atoms. The molecule has 1 heterocycles. The molecule has 0 bridgehead atoms. The maximum atomic E-state index is 12.6. The fourth-order valence-corrected chi connectivity index (χ4v) is 3.82. The number of ether oxygens (including phenoxy) is 2. The molecule has 7 heteroatoms. The van der Waals surface area contributed by atoms with Gasteiger partial charge in [0.25, 0.3) is 0 Å². The summed E-state index contributed by atoms with van der Waals surface area (Å²) in [5.41, 5.74) is 2.18. The van der Waals surface area contributed by atoms with Crippen molar-refractivity contribution >= 4 is 12.2 Å². The summed E-state index contributed by atoms with van der Waals surface area (Å²) in [6, 6.07) is 19.6. The van der Waals surface area contributed by atoms with Crippen LogP contribution < -0.4 is 5.32 Å². The molecule has 1 aliphatic heterocycles. The van der Waals surface area contributed by atoms with E-state index in [4.69, 9.17) is 14.7 Å². The van der Waals surface area contributed by atoms with Gasteiger partial charge in [-0.3, -0.25) is 0 Å². The molecule has 1 fully saturated rings. The highest BCUT2D eigenvalue weighted by Gasteiger charge is 2.29. The highest BCUT2D eigenvalue weighted by molar-refractivity contribution is 5.68. The minimum Gasteiger partial charge on any atom is -0.445 e. The SMILES string of the molecule is CC(C)(Cc1cccc(CNC(=O)OCc2ccccc2)c1)OC(=O)N1CCC(C#N)CC1. The standard InChI is InChI=1S/C26H31N3O4/c1-26(2,33-25(31)29-13-11-20(17-27)12-14-29)16-22-9-6-10-23(15-22)18-28-24(30)32-19-21-7-4-3-5-8-21/h3-10,15,20H,11-14,16,18-19H2,1-2H3,(H,28,30). The zero-order chi connectivity index (χ0) is 23.7. The van der Waals surface area contributed by atoms with Crippen LogP contribution in [0.4, 0.5) is 9.59 Å². The van der Waals surface area contributed by atoms with Gasteiger partial charge in [-0.2, -0.15) is 5.26 Å². The number of nitrogens with zero attached hydrogens (tertiary/aromatic N) is 2. The van der Waals surface area contributed by atoms with E-state index in [0.29, 0.717) is 38.9 Å². The molecule has 7 nitrogen and oxygen atoms in total. The monoisotopic (exact) mass is 449 g/mol. The molecule has 0 atom stereocenters. The Morgan fingerprint density at radius 3 is 2.42 bits per heavy atom. The van der Waals surface area contributed by atoms with E-state index in [1.807, 2.05) is 68.4 Å². The summed E-state index contributed by atoms with van der Waals surface area (Å²) in [5, 5.41) is 11.8. The second kappa shape index (κ2) is 11.4. The van der Waals surface area contributed by atoms with Crippen LogP contribution in [0, 0.1) is 17.2 Å². The lowest BCUT2D eigenvalue weighted by atomic mass is 9.97. The highest BCUT2D eigenvalue weighted by atomic mass is 16.6. The van der Waals surface area contributed by atoms with Gasteiger partial charge in [0, 0.05) is 32.0 Å². The minimum atomic E-state index is -0.691. The van der Waals surface area contributed by atoms with E-state index in [-0.39, 0.29) is 18.6 Å². The normalized spacial score (nSPS) is 14.3. The smallest absolute Gasteiger partial charge is 0.410 e. The first-order valence-electron chi connectivity index (χ1n) is 11.2. The molecular formula is C26H31N3O4. The molecule has 1 aliphatic rings. The molecule has 1 saturated heterocycles. The van der Waals surface area contributed by atoms with Gasteiger partial charge in [-0.1, -0.05) is 54.6 Å². The van der Waals surface area contributed by atoms with Gasteiger partial charge in [-0.25, -0.2) is 9.59 Å². The van der Waals surface area contributed by atoms with Crippen molar-refractivity contribution in [1.29, 1.82) is 5.26 Å². The van der Waals surface area contributed by atoms with Gasteiger partial charge in [0.2, 0.25) is 0 Å². The number of rotatable bonds is 7. The van der Waals surface area contributed by atoms with Crippen LogP contribution in [0.3, 0.4) is 0 Å². The van der Waals surface area contributed by atoms with Gasteiger partial charge in [0.05, 0.1) is 6.07 Å². The Labute approximate surface area is 195 Å². The number of carbonyl (C=O) groups excluding carboxylic acids is 2. The summed E-state index contributed by atoms with van der Waals surface area (Å²) in [7, 11) is 0. The third kappa shape index (κ3) is 7.83. The molecule has 0 aromatic heterocycles. The number of piperidine rings is 1. The molecule has 0 radical (unpaired) electrons. The maximum Gasteiger partial charge on any atom is 0.410 e. The van der Waals surface area contributed by atoms with E-state index in [0.717, 1.165) is 16.7 Å². The van der Waals surface area contributed by atoms with Crippen molar-refractivity contribution in [2.75, 3.05) is 13.1 Å². The zero-order valence-corrected chi connectivity index (χ0v) is 19.3. The number of hydrogen-bond acceptors (Lipinski definition) is 5. The van der Waals surface area contributed by atoms with Crippen molar-refractivity contribution in [2.24, 2.45) is 5.92 Å². The number of amides is 2. The van der Waals surface area contributed by atoms with Gasteiger partial charge in [-0.15, -0.1) is 0 Å². The number of likely N-dealkylation sites (tertiary alicyclic amines) is 1. The van der Waals surface area contributed by atoms with Crippen molar-refractivity contribution in [2.45, 2.75) is 51.9 Å². The first kappa shape index (κ1) is 24.1. The maximum absolute atomic E-state index is 12.6. The Bertz CT molecular complexity index is 977. The fraction of sp³-hybridized carbons (Fsp3) is 0.423. The van der Waals surface area contributed by atoms with Crippen LogP contribution in [0.15, 0.2) is 54.6 Å². The van der Waals surface area contributed by atoms with Crippen LogP contribution in [-0.4, -0.2) is 35.8 Å². The molecule has 0 aliphatic carbocycles. The minimum absolute atomic E-state index is 0.0222. The summed E-state index contributed by atoms with van der Waals surface area (Å²) >= 11 is 0. The van der Waals surface area contributed by atoms with Crippen LogP contribution in [-0.2, 0) is 29.0 Å². The van der Waals surface area contributed by atoms with Crippen LogP contribution in [0.1, 0.15) is 43.4 Å². The second-order valence-corrected chi connectivity index (χ2v) is 8.93. The Morgan fingerprint density at radius 2 is 1.73 bits per heavy atom. The van der Waals surface area contributed by atoms with E-state index >= 15 is 0 Å². The van der Waals surface area contributed by atoms with Crippen LogP contribution in [0.25, 0.3) is 0 Å². The number of carbonyl (C=O) groups is 2. The molecular weight excluding hydrogens is 418 g/mol. The molecule has 3 rings (SSSR count). The van der Waals surface area contributed by atoms with Crippen molar-refractivity contribution in [3.05, 3.63) is 71.3 Å². The number of nitrogens with one attached hydrogen (secondary N) is 1. The predicted molar refractivity (Wildman–Crippen MR) is 124 cm³/mol. The van der Waals surface area contributed by atoms with Crippen molar-refractivity contribution in [3.8, 4) is 6.07 Å². The Hall–Kier alpha value is -3.53. The van der Waals surface area contributed by atoms with Crippen molar-refractivity contribution < 1.29 is 19.1 Å². The van der Waals surface area contributed by atoms with E-state index < -0.39 is 11.7 Å². The van der Waals surface area contributed by atoms with Gasteiger partial charge in [0.1, 0.15) is 12.2 Å². The average Bonchev–Trinajstić information content (AvgIpc) is 2.81. The zero-order valence-electron chi connectivity index (χ0n) is 19.3. The third-order valence-electron chi connectivity index (χ3n) is 5.57. The van der Waals surface area contributed by atoms with Crippen LogP contribution in [0.2, 0.25) is 0 Å². The fourth-order valence-electron chi connectivity index (χ4n) is 3.82. The summed E-state index contributed by atoms with van der Waals surface area (Å²) in [4.78, 5) is 26.2. The first-order chi connectivity index (χ1) is 15.8. The topological polar surface area (TPSA) is 91.7 Å². The lowest BCUT2D eigenvalue weighted by Gasteiger charge is -2.33. The first-order valence-corrected chi connectivity index (χ1v) is 11.2. The molecule has 0 spiro atoms. The third-order valence-corrected chi connectivity index (χ3v) is 5.57. The Kier molecular flexibility index (Phi) is 8.31. The summed E-state index contributed by atoms with van der Waals surface area (Å²) in [6.07, 6.45) is 1.11. The highest BCUT2D eigenvalue weighted by Crippen LogP contribution is 2.22. The Balaban J connectivity index is 1.46. The van der Waals surface area contributed by atoms with Crippen LogP contribution >= 0.6 is 0 Å². The number of nitriles is 1. The van der Waals surface area contributed by atoms with Gasteiger partial charge in [-0.05, 0) is 43.4 Å². The van der Waals surface area contributed by atoms with E-state index in [2.05, 4.69) is 11.4 Å². The quantitative estimate of drug-likeness (QED) is 0.655.